The minimum absolute atomic E-state index is 0.139. The molecule has 4 heteroatoms. The SMILES string of the molecule is CCCCCCCCCCCCCCCCCC(=O)c1cccc(C[C@H](N)C(=O)O)c1. The van der Waals surface area contributed by atoms with Gasteiger partial charge >= 0.3 is 5.97 Å². The van der Waals surface area contributed by atoms with Crippen LogP contribution < -0.4 is 5.73 Å². The molecule has 176 valence electrons. The van der Waals surface area contributed by atoms with E-state index in [1.54, 1.807) is 6.07 Å². The van der Waals surface area contributed by atoms with Gasteiger partial charge in [-0.15, -0.1) is 0 Å². The fraction of sp³-hybridized carbons (Fsp3) is 0.704. The highest BCUT2D eigenvalue weighted by molar-refractivity contribution is 5.96. The Balaban J connectivity index is 2.01. The lowest BCUT2D eigenvalue weighted by Gasteiger charge is -2.08. The van der Waals surface area contributed by atoms with Gasteiger partial charge in [-0.05, 0) is 24.5 Å². The number of aliphatic carboxylic acids is 1. The van der Waals surface area contributed by atoms with Crippen molar-refractivity contribution in [3.63, 3.8) is 0 Å². The first-order chi connectivity index (χ1) is 15.0. The average molecular weight is 432 g/mol. The van der Waals surface area contributed by atoms with Crippen molar-refractivity contribution in [1.29, 1.82) is 0 Å². The normalized spacial score (nSPS) is 12.1. The molecule has 3 N–H and O–H groups in total. The van der Waals surface area contributed by atoms with Crippen LogP contribution in [-0.4, -0.2) is 22.9 Å². The number of Topliss-reactive ketones (excluding diaryl/α,β-unsaturated/α-hetero) is 1. The van der Waals surface area contributed by atoms with E-state index in [9.17, 15) is 9.59 Å². The van der Waals surface area contributed by atoms with Gasteiger partial charge in [0.05, 0.1) is 0 Å². The van der Waals surface area contributed by atoms with Gasteiger partial charge in [-0.3, -0.25) is 9.59 Å². The maximum atomic E-state index is 12.4. The second kappa shape index (κ2) is 17.9. The molecular formula is C27H45NO3. The Bertz CT molecular complexity index is 614. The van der Waals surface area contributed by atoms with Crippen molar-refractivity contribution >= 4 is 11.8 Å². The van der Waals surface area contributed by atoms with Crippen LogP contribution in [-0.2, 0) is 11.2 Å². The standard InChI is InChI=1S/C27H45NO3/c1-2-3-4-5-6-7-8-9-10-11-12-13-14-15-16-20-26(29)24-19-17-18-23(21-24)22-25(28)27(30)31/h17-19,21,25H,2-16,20,22,28H2,1H3,(H,30,31)/t25-/m0/s1. The van der Waals surface area contributed by atoms with Crippen molar-refractivity contribution in [3.05, 3.63) is 35.4 Å². The molecular weight excluding hydrogens is 386 g/mol. The molecule has 0 heterocycles. The van der Waals surface area contributed by atoms with Crippen molar-refractivity contribution in [2.45, 2.75) is 122 Å². The minimum atomic E-state index is -1.02. The zero-order chi connectivity index (χ0) is 22.7. The highest BCUT2D eigenvalue weighted by Gasteiger charge is 2.13. The Hall–Kier alpha value is -1.68. The summed E-state index contributed by atoms with van der Waals surface area (Å²) in [5.41, 5.74) is 7.06. The fourth-order valence-corrected chi connectivity index (χ4v) is 4.01. The third-order valence-corrected chi connectivity index (χ3v) is 6.03. The maximum absolute atomic E-state index is 12.4. The molecule has 31 heavy (non-hydrogen) atoms. The summed E-state index contributed by atoms with van der Waals surface area (Å²) in [6.07, 6.45) is 20.5. The van der Waals surface area contributed by atoms with Crippen molar-refractivity contribution in [2.24, 2.45) is 5.73 Å². The second-order valence-corrected chi connectivity index (χ2v) is 8.97. The fourth-order valence-electron chi connectivity index (χ4n) is 4.01. The lowest BCUT2D eigenvalue weighted by molar-refractivity contribution is -0.138. The number of benzene rings is 1. The van der Waals surface area contributed by atoms with Crippen molar-refractivity contribution in [2.75, 3.05) is 0 Å². The molecule has 0 aliphatic carbocycles. The molecule has 0 aliphatic heterocycles. The second-order valence-electron chi connectivity index (χ2n) is 8.97. The molecule has 1 rings (SSSR count). The number of carboxylic acids is 1. The molecule has 0 aliphatic rings. The van der Waals surface area contributed by atoms with Crippen LogP contribution in [0.1, 0.15) is 126 Å². The molecule has 1 aromatic rings. The molecule has 0 radical (unpaired) electrons. The number of unbranched alkanes of at least 4 members (excludes halogenated alkanes) is 14. The highest BCUT2D eigenvalue weighted by atomic mass is 16.4. The zero-order valence-corrected chi connectivity index (χ0v) is 19.7. The molecule has 0 saturated heterocycles. The predicted molar refractivity (Wildman–Crippen MR) is 130 cm³/mol. The lowest BCUT2D eigenvalue weighted by Crippen LogP contribution is -2.32. The van der Waals surface area contributed by atoms with Gasteiger partial charge in [-0.1, -0.05) is 115 Å². The Labute approximate surface area is 190 Å². The number of carboxylic acid groups (broad SMARTS) is 1. The third-order valence-electron chi connectivity index (χ3n) is 6.03. The molecule has 1 aromatic carbocycles. The van der Waals surface area contributed by atoms with Crippen LogP contribution in [0, 0.1) is 0 Å². The topological polar surface area (TPSA) is 80.4 Å². The summed E-state index contributed by atoms with van der Waals surface area (Å²) < 4.78 is 0. The van der Waals surface area contributed by atoms with Gasteiger partial charge in [-0.2, -0.15) is 0 Å². The summed E-state index contributed by atoms with van der Waals surface area (Å²) >= 11 is 0. The number of hydrogen-bond acceptors (Lipinski definition) is 3. The molecule has 0 fully saturated rings. The van der Waals surface area contributed by atoms with Crippen LogP contribution in [0.25, 0.3) is 0 Å². The van der Waals surface area contributed by atoms with Gasteiger partial charge in [0.25, 0.3) is 0 Å². The summed E-state index contributed by atoms with van der Waals surface area (Å²) in [5, 5.41) is 8.93. The van der Waals surface area contributed by atoms with Gasteiger partial charge in [0, 0.05) is 12.0 Å². The van der Waals surface area contributed by atoms with E-state index in [1.807, 2.05) is 18.2 Å². The van der Waals surface area contributed by atoms with E-state index in [2.05, 4.69) is 6.92 Å². The van der Waals surface area contributed by atoms with E-state index in [1.165, 1.54) is 83.5 Å². The molecule has 0 amide bonds. The molecule has 4 nitrogen and oxygen atoms in total. The zero-order valence-electron chi connectivity index (χ0n) is 19.7. The Morgan fingerprint density at radius 3 is 1.77 bits per heavy atom. The van der Waals surface area contributed by atoms with E-state index in [-0.39, 0.29) is 12.2 Å². The molecule has 0 saturated carbocycles. The number of carbonyl (C=O) groups excluding carboxylic acids is 1. The van der Waals surface area contributed by atoms with Gasteiger partial charge in [0.15, 0.2) is 5.78 Å². The smallest absolute Gasteiger partial charge is 0.320 e. The summed E-state index contributed by atoms with van der Waals surface area (Å²) in [6, 6.07) is 6.30. The first-order valence-corrected chi connectivity index (χ1v) is 12.6. The summed E-state index contributed by atoms with van der Waals surface area (Å²) in [4.78, 5) is 23.3. The quantitative estimate of drug-likeness (QED) is 0.171. The summed E-state index contributed by atoms with van der Waals surface area (Å²) in [7, 11) is 0. The van der Waals surface area contributed by atoms with Crippen molar-refractivity contribution < 1.29 is 14.7 Å². The maximum Gasteiger partial charge on any atom is 0.320 e. The minimum Gasteiger partial charge on any atom is -0.480 e. The van der Waals surface area contributed by atoms with Crippen LogP contribution >= 0.6 is 0 Å². The highest BCUT2D eigenvalue weighted by Crippen LogP contribution is 2.15. The number of hydrogen-bond donors (Lipinski definition) is 2. The molecule has 0 spiro atoms. The number of carbonyl (C=O) groups is 2. The number of rotatable bonds is 20. The van der Waals surface area contributed by atoms with Crippen LogP contribution in [0.2, 0.25) is 0 Å². The first kappa shape index (κ1) is 27.4. The van der Waals surface area contributed by atoms with Gasteiger partial charge in [-0.25, -0.2) is 0 Å². The van der Waals surface area contributed by atoms with Crippen molar-refractivity contribution in [3.8, 4) is 0 Å². The van der Waals surface area contributed by atoms with E-state index in [0.29, 0.717) is 12.0 Å². The van der Waals surface area contributed by atoms with Crippen LogP contribution in [0.3, 0.4) is 0 Å². The Kier molecular flexibility index (Phi) is 15.8. The number of ketones is 1. The van der Waals surface area contributed by atoms with E-state index in [0.717, 1.165) is 18.4 Å². The molecule has 0 bridgehead atoms. The van der Waals surface area contributed by atoms with Gasteiger partial charge < -0.3 is 10.8 Å². The number of nitrogens with two attached hydrogens (primary N) is 1. The van der Waals surface area contributed by atoms with Crippen LogP contribution in [0.15, 0.2) is 24.3 Å². The Morgan fingerprint density at radius 2 is 1.29 bits per heavy atom. The van der Waals surface area contributed by atoms with Crippen LogP contribution in [0.4, 0.5) is 0 Å². The average Bonchev–Trinajstić information content (AvgIpc) is 2.76. The summed E-state index contributed by atoms with van der Waals surface area (Å²) in [5.74, 6) is -0.880. The molecule has 1 atom stereocenters. The molecule has 0 aromatic heterocycles. The van der Waals surface area contributed by atoms with Crippen LogP contribution in [0.5, 0.6) is 0 Å². The van der Waals surface area contributed by atoms with Gasteiger partial charge in [0.1, 0.15) is 6.04 Å². The van der Waals surface area contributed by atoms with E-state index < -0.39 is 12.0 Å². The van der Waals surface area contributed by atoms with E-state index >= 15 is 0 Å². The Morgan fingerprint density at radius 1 is 0.806 bits per heavy atom. The lowest BCUT2D eigenvalue weighted by atomic mass is 9.99. The predicted octanol–water partition coefficient (Wildman–Crippen LogP) is 7.09. The molecule has 0 unspecified atom stereocenters. The summed E-state index contributed by atoms with van der Waals surface area (Å²) in [6.45, 7) is 2.27. The first-order valence-electron chi connectivity index (χ1n) is 12.6. The van der Waals surface area contributed by atoms with Crippen molar-refractivity contribution in [1.82, 2.24) is 0 Å². The van der Waals surface area contributed by atoms with E-state index in [4.69, 9.17) is 10.8 Å². The largest absolute Gasteiger partial charge is 0.480 e. The third kappa shape index (κ3) is 14.1. The monoisotopic (exact) mass is 431 g/mol. The van der Waals surface area contributed by atoms with Gasteiger partial charge in [0.2, 0.25) is 0 Å².